The van der Waals surface area contributed by atoms with Crippen molar-refractivity contribution < 1.29 is 24.5 Å². The molecular weight excluding hydrogens is 224 g/mol. The number of carboxylic acids is 2. The molecule has 0 saturated heterocycles. The van der Waals surface area contributed by atoms with Gasteiger partial charge in [-0.2, -0.15) is 0 Å². The molecule has 0 amide bonds. The lowest BCUT2D eigenvalue weighted by Crippen LogP contribution is -2.06. The van der Waals surface area contributed by atoms with Crippen molar-refractivity contribution in [2.24, 2.45) is 0 Å². The molecule has 0 aliphatic rings. The lowest BCUT2D eigenvalue weighted by Gasteiger charge is -2.02. The van der Waals surface area contributed by atoms with Gasteiger partial charge in [0.05, 0.1) is 13.5 Å². The molecule has 0 spiro atoms. The van der Waals surface area contributed by atoms with E-state index in [4.69, 9.17) is 14.9 Å². The van der Waals surface area contributed by atoms with Gasteiger partial charge >= 0.3 is 11.9 Å². The molecule has 90 valence electrons. The highest BCUT2D eigenvalue weighted by molar-refractivity contribution is 5.96. The number of aliphatic carboxylic acids is 2. The maximum absolute atomic E-state index is 10.8. The molecule has 0 aromatic heterocycles. The summed E-state index contributed by atoms with van der Waals surface area (Å²) >= 11 is 0. The molecule has 1 aromatic carbocycles. The maximum atomic E-state index is 10.8. The highest BCUT2D eigenvalue weighted by Gasteiger charge is 2.11. The van der Waals surface area contributed by atoms with Crippen LogP contribution in [-0.4, -0.2) is 29.3 Å². The average molecular weight is 236 g/mol. The fraction of sp³-hybridized carbons (Fsp3) is 0.167. The Hall–Kier alpha value is -2.30. The van der Waals surface area contributed by atoms with E-state index in [1.54, 1.807) is 24.3 Å². The number of carbonyl (C=O) groups is 2. The normalized spacial score (nSPS) is 11.0. The predicted molar refractivity (Wildman–Crippen MR) is 60.9 cm³/mol. The Balaban J connectivity index is 3.03. The van der Waals surface area contributed by atoms with Crippen LogP contribution in [0.4, 0.5) is 0 Å². The van der Waals surface area contributed by atoms with E-state index in [0.29, 0.717) is 11.3 Å². The Labute approximate surface area is 98.0 Å². The summed E-state index contributed by atoms with van der Waals surface area (Å²) in [6.45, 7) is 0. The molecule has 5 heteroatoms. The summed E-state index contributed by atoms with van der Waals surface area (Å²) in [6.07, 6.45) is 0.797. The van der Waals surface area contributed by atoms with Crippen molar-refractivity contribution in [2.75, 3.05) is 7.11 Å². The highest BCUT2D eigenvalue weighted by atomic mass is 16.5. The summed E-state index contributed by atoms with van der Waals surface area (Å²) in [5.41, 5.74) is 0.411. The Morgan fingerprint density at radius 1 is 1.35 bits per heavy atom. The fourth-order valence-electron chi connectivity index (χ4n) is 1.28. The highest BCUT2D eigenvalue weighted by Crippen LogP contribution is 2.16. The fourth-order valence-corrected chi connectivity index (χ4v) is 1.28. The quantitative estimate of drug-likeness (QED) is 0.759. The van der Waals surface area contributed by atoms with Crippen LogP contribution in [0.3, 0.4) is 0 Å². The number of benzene rings is 1. The first-order valence-corrected chi connectivity index (χ1v) is 4.82. The van der Waals surface area contributed by atoms with Crippen molar-refractivity contribution in [2.45, 2.75) is 6.42 Å². The van der Waals surface area contributed by atoms with E-state index < -0.39 is 18.4 Å². The monoisotopic (exact) mass is 236 g/mol. The lowest BCUT2D eigenvalue weighted by molar-refractivity contribution is -0.139. The largest absolute Gasteiger partial charge is 0.497 e. The van der Waals surface area contributed by atoms with E-state index in [9.17, 15) is 9.59 Å². The third-order valence-electron chi connectivity index (χ3n) is 2.05. The van der Waals surface area contributed by atoms with Gasteiger partial charge < -0.3 is 14.9 Å². The summed E-state index contributed by atoms with van der Waals surface area (Å²) in [6, 6.07) is 6.72. The van der Waals surface area contributed by atoms with Crippen LogP contribution in [0.1, 0.15) is 12.0 Å². The van der Waals surface area contributed by atoms with Gasteiger partial charge in [-0.05, 0) is 23.8 Å². The summed E-state index contributed by atoms with van der Waals surface area (Å²) in [5.74, 6) is -1.84. The van der Waals surface area contributed by atoms with Crippen LogP contribution in [0.15, 0.2) is 29.8 Å². The molecular formula is C12H12O5. The standard InChI is InChI=1S/C12H12O5/c1-17-10-4-2-3-8(6-10)5-9(12(15)16)7-11(13)14/h2-6H,7H2,1H3,(H,13,14)(H,15,16)/b9-5+. The number of ether oxygens (including phenoxy) is 1. The molecule has 0 unspecified atom stereocenters. The molecule has 0 radical (unpaired) electrons. The molecule has 1 rings (SSSR count). The Morgan fingerprint density at radius 2 is 2.06 bits per heavy atom. The third-order valence-corrected chi connectivity index (χ3v) is 2.05. The Kier molecular flexibility index (Phi) is 4.28. The van der Waals surface area contributed by atoms with Crippen LogP contribution in [-0.2, 0) is 9.59 Å². The molecule has 0 aliphatic heterocycles. The molecule has 2 N–H and O–H groups in total. The van der Waals surface area contributed by atoms with Crippen LogP contribution >= 0.6 is 0 Å². The van der Waals surface area contributed by atoms with Gasteiger partial charge in [-0.1, -0.05) is 12.1 Å². The van der Waals surface area contributed by atoms with Gasteiger partial charge in [0.15, 0.2) is 0 Å². The van der Waals surface area contributed by atoms with Gasteiger partial charge in [-0.15, -0.1) is 0 Å². The van der Waals surface area contributed by atoms with Crippen molar-refractivity contribution in [3.05, 3.63) is 35.4 Å². The smallest absolute Gasteiger partial charge is 0.332 e. The minimum absolute atomic E-state index is 0.175. The molecule has 0 aliphatic carbocycles. The van der Waals surface area contributed by atoms with Crippen LogP contribution < -0.4 is 4.74 Å². The molecule has 0 bridgehead atoms. The minimum Gasteiger partial charge on any atom is -0.497 e. The SMILES string of the molecule is COc1cccc(/C=C(\CC(=O)O)C(=O)O)c1. The van der Waals surface area contributed by atoms with Crippen molar-refractivity contribution in [3.8, 4) is 5.75 Å². The topological polar surface area (TPSA) is 83.8 Å². The van der Waals surface area contributed by atoms with Gasteiger partial charge in [-0.25, -0.2) is 4.79 Å². The van der Waals surface area contributed by atoms with Gasteiger partial charge in [0, 0.05) is 5.57 Å². The van der Waals surface area contributed by atoms with E-state index in [1.165, 1.54) is 13.2 Å². The van der Waals surface area contributed by atoms with Crippen molar-refractivity contribution in [1.82, 2.24) is 0 Å². The molecule has 5 nitrogen and oxygen atoms in total. The molecule has 1 aromatic rings. The van der Waals surface area contributed by atoms with Crippen molar-refractivity contribution in [3.63, 3.8) is 0 Å². The summed E-state index contributed by atoms with van der Waals surface area (Å²) in [5, 5.41) is 17.4. The second kappa shape index (κ2) is 5.69. The zero-order valence-corrected chi connectivity index (χ0v) is 9.21. The van der Waals surface area contributed by atoms with Gasteiger partial charge in [0.1, 0.15) is 5.75 Å². The summed E-state index contributed by atoms with van der Waals surface area (Å²) in [4.78, 5) is 21.3. The Bertz CT molecular complexity index is 462. The van der Waals surface area contributed by atoms with Gasteiger partial charge in [-0.3, -0.25) is 4.79 Å². The first-order valence-electron chi connectivity index (χ1n) is 4.82. The first-order chi connectivity index (χ1) is 8.02. The molecule has 0 heterocycles. The summed E-state index contributed by atoms with van der Waals surface area (Å²) in [7, 11) is 1.50. The van der Waals surface area contributed by atoms with Gasteiger partial charge in [0.25, 0.3) is 0 Å². The number of hydrogen-bond acceptors (Lipinski definition) is 3. The Morgan fingerprint density at radius 3 is 2.59 bits per heavy atom. The van der Waals surface area contributed by atoms with Crippen molar-refractivity contribution in [1.29, 1.82) is 0 Å². The zero-order valence-electron chi connectivity index (χ0n) is 9.21. The van der Waals surface area contributed by atoms with Crippen LogP contribution in [0.2, 0.25) is 0 Å². The van der Waals surface area contributed by atoms with E-state index in [2.05, 4.69) is 0 Å². The van der Waals surface area contributed by atoms with Crippen LogP contribution in [0.5, 0.6) is 5.75 Å². The number of carboxylic acid groups (broad SMARTS) is 2. The second-order valence-electron chi connectivity index (χ2n) is 3.32. The molecule has 0 atom stereocenters. The van der Waals surface area contributed by atoms with E-state index in [0.717, 1.165) is 0 Å². The van der Waals surface area contributed by atoms with E-state index in [-0.39, 0.29) is 5.57 Å². The number of hydrogen-bond donors (Lipinski definition) is 2. The van der Waals surface area contributed by atoms with Gasteiger partial charge in [0.2, 0.25) is 0 Å². The van der Waals surface area contributed by atoms with E-state index in [1.807, 2.05) is 0 Å². The van der Waals surface area contributed by atoms with Crippen LogP contribution in [0.25, 0.3) is 6.08 Å². The first kappa shape index (κ1) is 12.8. The van der Waals surface area contributed by atoms with E-state index >= 15 is 0 Å². The minimum atomic E-state index is -1.24. The summed E-state index contributed by atoms with van der Waals surface area (Å²) < 4.78 is 4.98. The number of methoxy groups -OCH3 is 1. The lowest BCUT2D eigenvalue weighted by atomic mass is 10.1. The molecule has 0 saturated carbocycles. The third kappa shape index (κ3) is 3.98. The average Bonchev–Trinajstić information content (AvgIpc) is 2.27. The maximum Gasteiger partial charge on any atom is 0.332 e. The molecule has 0 fully saturated rings. The molecule has 17 heavy (non-hydrogen) atoms. The van der Waals surface area contributed by atoms with Crippen molar-refractivity contribution >= 4 is 18.0 Å². The predicted octanol–water partition coefficient (Wildman–Crippen LogP) is 1.64. The number of rotatable bonds is 5. The second-order valence-corrected chi connectivity index (χ2v) is 3.32. The van der Waals surface area contributed by atoms with Crippen LogP contribution in [0, 0.1) is 0 Å². The zero-order chi connectivity index (χ0) is 12.8.